The maximum absolute atomic E-state index is 13.4. The SMILES string of the molecule is COc1ccc(F)cc1-c1nc(C)[nH]c1CCN. The minimum atomic E-state index is -0.315. The molecule has 96 valence electrons. The van der Waals surface area contributed by atoms with Gasteiger partial charge in [0.1, 0.15) is 17.4 Å². The number of methoxy groups -OCH3 is 1. The van der Waals surface area contributed by atoms with Crippen LogP contribution in [0.4, 0.5) is 4.39 Å². The fourth-order valence-corrected chi connectivity index (χ4v) is 1.95. The van der Waals surface area contributed by atoms with E-state index in [2.05, 4.69) is 9.97 Å². The number of halogens is 1. The Balaban J connectivity index is 2.56. The Morgan fingerprint density at radius 3 is 2.89 bits per heavy atom. The number of benzene rings is 1. The molecule has 0 saturated heterocycles. The number of nitrogens with one attached hydrogen (secondary N) is 1. The number of hydrogen-bond acceptors (Lipinski definition) is 3. The lowest BCUT2D eigenvalue weighted by Gasteiger charge is -2.08. The first-order valence-electron chi connectivity index (χ1n) is 5.75. The summed E-state index contributed by atoms with van der Waals surface area (Å²) in [7, 11) is 1.55. The van der Waals surface area contributed by atoms with Gasteiger partial charge in [-0.1, -0.05) is 0 Å². The van der Waals surface area contributed by atoms with Crippen molar-refractivity contribution in [3.8, 4) is 17.0 Å². The Hall–Kier alpha value is -1.88. The molecule has 1 aromatic heterocycles. The van der Waals surface area contributed by atoms with Gasteiger partial charge >= 0.3 is 0 Å². The summed E-state index contributed by atoms with van der Waals surface area (Å²) in [5.41, 5.74) is 7.81. The molecule has 0 atom stereocenters. The minimum Gasteiger partial charge on any atom is -0.496 e. The molecule has 18 heavy (non-hydrogen) atoms. The van der Waals surface area contributed by atoms with Crippen LogP contribution >= 0.6 is 0 Å². The van der Waals surface area contributed by atoms with E-state index in [9.17, 15) is 4.39 Å². The molecular weight excluding hydrogens is 233 g/mol. The van der Waals surface area contributed by atoms with Gasteiger partial charge in [-0.3, -0.25) is 0 Å². The Morgan fingerprint density at radius 2 is 2.22 bits per heavy atom. The predicted octanol–water partition coefficient (Wildman–Crippen LogP) is 2.03. The lowest BCUT2D eigenvalue weighted by atomic mass is 10.1. The fourth-order valence-electron chi connectivity index (χ4n) is 1.95. The van der Waals surface area contributed by atoms with Gasteiger partial charge in [0, 0.05) is 17.7 Å². The smallest absolute Gasteiger partial charge is 0.128 e. The number of hydrogen-bond donors (Lipinski definition) is 2. The number of aromatic nitrogens is 2. The first-order chi connectivity index (χ1) is 8.65. The summed E-state index contributed by atoms with van der Waals surface area (Å²) >= 11 is 0. The standard InChI is InChI=1S/C13H16FN3O/c1-8-16-11(5-6-15)13(17-8)10-7-9(14)3-4-12(10)18-2/h3-4,7H,5-6,15H2,1-2H3,(H,16,17). The van der Waals surface area contributed by atoms with Crippen LogP contribution in [0.15, 0.2) is 18.2 Å². The molecule has 0 radical (unpaired) electrons. The van der Waals surface area contributed by atoms with Crippen LogP contribution < -0.4 is 10.5 Å². The number of ether oxygens (including phenoxy) is 1. The zero-order valence-corrected chi connectivity index (χ0v) is 10.5. The zero-order chi connectivity index (χ0) is 13.1. The van der Waals surface area contributed by atoms with Crippen LogP contribution in [0.2, 0.25) is 0 Å². The molecule has 1 aromatic carbocycles. The Morgan fingerprint density at radius 1 is 1.44 bits per heavy atom. The van der Waals surface area contributed by atoms with Gasteiger partial charge in [0.05, 0.1) is 12.8 Å². The largest absolute Gasteiger partial charge is 0.496 e. The van der Waals surface area contributed by atoms with E-state index in [0.717, 1.165) is 11.5 Å². The highest BCUT2D eigenvalue weighted by atomic mass is 19.1. The monoisotopic (exact) mass is 249 g/mol. The van der Waals surface area contributed by atoms with E-state index in [1.54, 1.807) is 13.2 Å². The lowest BCUT2D eigenvalue weighted by Crippen LogP contribution is -2.04. The van der Waals surface area contributed by atoms with Crippen LogP contribution in [0.25, 0.3) is 11.3 Å². The summed E-state index contributed by atoms with van der Waals surface area (Å²) in [6.07, 6.45) is 0.663. The minimum absolute atomic E-state index is 0.315. The van der Waals surface area contributed by atoms with Gasteiger partial charge in [0.25, 0.3) is 0 Å². The summed E-state index contributed by atoms with van der Waals surface area (Å²) in [5, 5.41) is 0. The van der Waals surface area contributed by atoms with E-state index in [-0.39, 0.29) is 5.82 Å². The van der Waals surface area contributed by atoms with Crippen LogP contribution in [0.3, 0.4) is 0 Å². The molecule has 5 heteroatoms. The third-order valence-corrected chi connectivity index (χ3v) is 2.71. The second kappa shape index (κ2) is 5.18. The quantitative estimate of drug-likeness (QED) is 0.871. The van der Waals surface area contributed by atoms with Crippen molar-refractivity contribution in [3.05, 3.63) is 35.5 Å². The Labute approximate surface area is 105 Å². The number of nitrogens with zero attached hydrogens (tertiary/aromatic N) is 1. The molecule has 0 aliphatic carbocycles. The third-order valence-electron chi connectivity index (χ3n) is 2.71. The van der Waals surface area contributed by atoms with Gasteiger partial charge < -0.3 is 15.5 Å². The molecule has 3 N–H and O–H groups in total. The van der Waals surface area contributed by atoms with Gasteiger partial charge in [-0.15, -0.1) is 0 Å². The van der Waals surface area contributed by atoms with Gasteiger partial charge in [0.15, 0.2) is 0 Å². The van der Waals surface area contributed by atoms with Crippen molar-refractivity contribution in [2.45, 2.75) is 13.3 Å². The molecular formula is C13H16FN3O. The van der Waals surface area contributed by atoms with Crippen molar-refractivity contribution < 1.29 is 9.13 Å². The van der Waals surface area contributed by atoms with Crippen LogP contribution in [0.5, 0.6) is 5.75 Å². The molecule has 0 amide bonds. The fraction of sp³-hybridized carbons (Fsp3) is 0.308. The molecule has 4 nitrogen and oxygen atoms in total. The maximum atomic E-state index is 13.4. The highest BCUT2D eigenvalue weighted by Gasteiger charge is 2.15. The summed E-state index contributed by atoms with van der Waals surface area (Å²) in [6.45, 7) is 2.36. The molecule has 0 spiro atoms. The Bertz CT molecular complexity index is 551. The summed E-state index contributed by atoms with van der Waals surface area (Å²) in [6, 6.07) is 4.39. The van der Waals surface area contributed by atoms with Crippen molar-refractivity contribution in [2.24, 2.45) is 5.73 Å². The number of H-pyrrole nitrogens is 1. The molecule has 0 fully saturated rings. The Kier molecular flexibility index (Phi) is 3.62. The third kappa shape index (κ3) is 2.36. The predicted molar refractivity (Wildman–Crippen MR) is 68.0 cm³/mol. The molecule has 0 saturated carbocycles. The van der Waals surface area contributed by atoms with E-state index in [1.165, 1.54) is 12.1 Å². The number of imidazole rings is 1. The van der Waals surface area contributed by atoms with Crippen LogP contribution in [-0.4, -0.2) is 23.6 Å². The van der Waals surface area contributed by atoms with Crippen LogP contribution in [0, 0.1) is 12.7 Å². The molecule has 0 bridgehead atoms. The second-order valence-electron chi connectivity index (χ2n) is 4.03. The van der Waals surface area contributed by atoms with Crippen molar-refractivity contribution >= 4 is 0 Å². The van der Waals surface area contributed by atoms with Crippen LogP contribution in [-0.2, 0) is 6.42 Å². The average molecular weight is 249 g/mol. The van der Waals surface area contributed by atoms with Gasteiger partial charge in [-0.2, -0.15) is 0 Å². The van der Waals surface area contributed by atoms with E-state index in [0.29, 0.717) is 30.0 Å². The zero-order valence-electron chi connectivity index (χ0n) is 10.5. The summed E-state index contributed by atoms with van der Waals surface area (Å²) < 4.78 is 18.6. The van der Waals surface area contributed by atoms with Crippen molar-refractivity contribution in [2.75, 3.05) is 13.7 Å². The molecule has 0 aliphatic heterocycles. The van der Waals surface area contributed by atoms with Crippen molar-refractivity contribution in [3.63, 3.8) is 0 Å². The highest BCUT2D eigenvalue weighted by Crippen LogP contribution is 2.31. The average Bonchev–Trinajstić information content (AvgIpc) is 2.71. The highest BCUT2D eigenvalue weighted by molar-refractivity contribution is 5.69. The van der Waals surface area contributed by atoms with Gasteiger partial charge in [-0.25, -0.2) is 9.37 Å². The normalized spacial score (nSPS) is 10.7. The molecule has 1 heterocycles. The van der Waals surface area contributed by atoms with E-state index in [4.69, 9.17) is 10.5 Å². The number of aryl methyl sites for hydroxylation is 1. The molecule has 2 rings (SSSR count). The first kappa shape index (κ1) is 12.6. The number of nitrogens with two attached hydrogens (primary N) is 1. The van der Waals surface area contributed by atoms with Crippen molar-refractivity contribution in [1.82, 2.24) is 9.97 Å². The lowest BCUT2D eigenvalue weighted by molar-refractivity contribution is 0.415. The molecule has 0 unspecified atom stereocenters. The topological polar surface area (TPSA) is 63.9 Å². The van der Waals surface area contributed by atoms with Crippen molar-refractivity contribution in [1.29, 1.82) is 0 Å². The van der Waals surface area contributed by atoms with E-state index >= 15 is 0 Å². The van der Waals surface area contributed by atoms with E-state index in [1.807, 2.05) is 6.92 Å². The molecule has 0 aliphatic rings. The van der Waals surface area contributed by atoms with E-state index < -0.39 is 0 Å². The van der Waals surface area contributed by atoms with Crippen LogP contribution in [0.1, 0.15) is 11.5 Å². The maximum Gasteiger partial charge on any atom is 0.128 e. The molecule has 2 aromatic rings. The first-order valence-corrected chi connectivity index (χ1v) is 5.75. The summed E-state index contributed by atoms with van der Waals surface area (Å²) in [5.74, 6) is 1.06. The number of aromatic amines is 1. The van der Waals surface area contributed by atoms with Gasteiger partial charge in [-0.05, 0) is 31.7 Å². The number of rotatable bonds is 4. The van der Waals surface area contributed by atoms with Gasteiger partial charge in [0.2, 0.25) is 0 Å². The second-order valence-corrected chi connectivity index (χ2v) is 4.03. The summed E-state index contributed by atoms with van der Waals surface area (Å²) in [4.78, 5) is 7.54.